The van der Waals surface area contributed by atoms with Crippen molar-refractivity contribution in [3.63, 3.8) is 0 Å². The first-order valence-electron chi connectivity index (χ1n) is 13.6. The number of halogens is 2. The maximum Gasteiger partial charge on any atom is 0.410 e. The summed E-state index contributed by atoms with van der Waals surface area (Å²) in [6, 6.07) is 11.7. The first-order chi connectivity index (χ1) is 19.9. The molecule has 1 fully saturated rings. The van der Waals surface area contributed by atoms with Crippen LogP contribution in [0.4, 0.5) is 15.0 Å². The monoisotopic (exact) mass is 593 g/mol. The molecular weight excluding hydrogens is 561 g/mol. The van der Waals surface area contributed by atoms with Crippen LogP contribution in [0.2, 0.25) is 5.02 Å². The second-order valence-corrected chi connectivity index (χ2v) is 11.5. The highest BCUT2D eigenvalue weighted by molar-refractivity contribution is 6.32. The molecule has 11 heteroatoms. The van der Waals surface area contributed by atoms with E-state index < -0.39 is 11.4 Å². The van der Waals surface area contributed by atoms with E-state index in [1.165, 1.54) is 28.4 Å². The van der Waals surface area contributed by atoms with Gasteiger partial charge >= 0.3 is 11.8 Å². The average Bonchev–Trinajstić information content (AvgIpc) is 3.29. The van der Waals surface area contributed by atoms with E-state index in [4.69, 9.17) is 21.1 Å². The average molecular weight is 594 g/mol. The molecule has 9 nitrogen and oxygen atoms in total. The molecule has 220 valence electrons. The molecule has 0 N–H and O–H groups in total. The minimum Gasteiger partial charge on any atom is -0.495 e. The Morgan fingerprint density at radius 2 is 1.64 bits per heavy atom. The maximum atomic E-state index is 15.1. The Balaban J connectivity index is 1.43. The van der Waals surface area contributed by atoms with Gasteiger partial charge in [0.15, 0.2) is 0 Å². The number of carbonyl (C=O) groups is 1. The Morgan fingerprint density at radius 3 is 2.21 bits per heavy atom. The Labute approximate surface area is 248 Å². The Bertz CT molecular complexity index is 1690. The largest absolute Gasteiger partial charge is 0.495 e. The minimum absolute atomic E-state index is 0.227. The summed E-state index contributed by atoms with van der Waals surface area (Å²) in [5, 5.41) is 0.338. The number of imidazole rings is 1. The van der Waals surface area contributed by atoms with Crippen LogP contribution in [-0.4, -0.2) is 64.0 Å². The zero-order valence-corrected chi connectivity index (χ0v) is 25.0. The standard InChI is InChI=1S/C31H33ClFN5O4/c1-31(2,3)42-30(40)37-13-11-36(12-14-37)27-17-21(8-9-34-27)24-19-22(33)18-23(28(24)41-5)20-6-7-26(25(32)16-20)38-15-10-35(4)29(38)39/h6-10,15-19H,11-14H2,1-5H3. The highest BCUT2D eigenvalue weighted by Gasteiger charge is 2.27. The third kappa shape index (κ3) is 5.99. The van der Waals surface area contributed by atoms with Gasteiger partial charge in [-0.2, -0.15) is 0 Å². The van der Waals surface area contributed by atoms with Crippen molar-refractivity contribution in [1.82, 2.24) is 19.0 Å². The number of nitrogens with zero attached hydrogens (tertiary/aromatic N) is 5. The molecule has 1 aliphatic rings. The van der Waals surface area contributed by atoms with Gasteiger partial charge in [0.2, 0.25) is 0 Å². The molecule has 1 aliphatic heterocycles. The van der Waals surface area contributed by atoms with Crippen LogP contribution in [0, 0.1) is 5.82 Å². The SMILES string of the molecule is COc1c(-c2ccnc(N3CCN(C(=O)OC(C)(C)C)CC3)c2)cc(F)cc1-c1ccc(-n2ccn(C)c2=O)c(Cl)c1. The highest BCUT2D eigenvalue weighted by Crippen LogP contribution is 2.41. The lowest BCUT2D eigenvalue weighted by atomic mass is 9.97. The Morgan fingerprint density at radius 1 is 0.976 bits per heavy atom. The summed E-state index contributed by atoms with van der Waals surface area (Å²) >= 11 is 6.61. The van der Waals surface area contributed by atoms with Crippen LogP contribution in [0.25, 0.3) is 27.9 Å². The lowest BCUT2D eigenvalue weighted by Gasteiger charge is -2.36. The molecule has 1 saturated heterocycles. The normalized spacial score (nSPS) is 13.8. The van der Waals surface area contributed by atoms with E-state index in [-0.39, 0.29) is 11.8 Å². The van der Waals surface area contributed by atoms with Gasteiger partial charge in [-0.25, -0.2) is 19.0 Å². The molecule has 2 aromatic carbocycles. The predicted octanol–water partition coefficient (Wildman–Crippen LogP) is 5.76. The number of aromatic nitrogens is 3. The van der Waals surface area contributed by atoms with E-state index in [0.717, 1.165) is 5.56 Å². The fourth-order valence-electron chi connectivity index (χ4n) is 4.96. The summed E-state index contributed by atoms with van der Waals surface area (Å²) in [7, 11) is 3.20. The van der Waals surface area contributed by atoms with Gasteiger partial charge in [0.05, 0.1) is 17.8 Å². The van der Waals surface area contributed by atoms with Gasteiger partial charge in [0.1, 0.15) is 23.0 Å². The van der Waals surface area contributed by atoms with Gasteiger partial charge in [-0.05, 0) is 68.3 Å². The molecule has 0 bridgehead atoms. The molecule has 3 heterocycles. The number of anilines is 1. The van der Waals surface area contributed by atoms with E-state index in [9.17, 15) is 9.59 Å². The number of ether oxygens (including phenoxy) is 2. The zero-order valence-electron chi connectivity index (χ0n) is 24.2. The van der Waals surface area contributed by atoms with Crippen molar-refractivity contribution >= 4 is 23.5 Å². The van der Waals surface area contributed by atoms with Crippen molar-refractivity contribution in [2.45, 2.75) is 26.4 Å². The summed E-state index contributed by atoms with van der Waals surface area (Å²) < 4.78 is 29.3. The topological polar surface area (TPSA) is 81.8 Å². The first-order valence-corrected chi connectivity index (χ1v) is 13.9. The van der Waals surface area contributed by atoms with Crippen molar-refractivity contribution in [3.05, 3.63) is 82.4 Å². The number of carbonyl (C=O) groups excluding carboxylic acids is 1. The van der Waals surface area contributed by atoms with Gasteiger partial charge in [-0.15, -0.1) is 0 Å². The van der Waals surface area contributed by atoms with Crippen LogP contribution < -0.4 is 15.3 Å². The summed E-state index contributed by atoms with van der Waals surface area (Å²) in [5.74, 6) is 0.749. The number of hydrogen-bond acceptors (Lipinski definition) is 6. The van der Waals surface area contributed by atoms with Crippen molar-refractivity contribution in [3.8, 4) is 33.7 Å². The Hall–Kier alpha value is -4.31. The molecule has 1 amide bonds. The van der Waals surface area contributed by atoms with Crippen molar-refractivity contribution in [2.24, 2.45) is 7.05 Å². The maximum absolute atomic E-state index is 15.1. The van der Waals surface area contributed by atoms with Gasteiger partial charge in [-0.3, -0.25) is 4.57 Å². The second-order valence-electron chi connectivity index (χ2n) is 11.1. The molecule has 4 aromatic rings. The smallest absolute Gasteiger partial charge is 0.410 e. The van der Waals surface area contributed by atoms with Crippen LogP contribution in [-0.2, 0) is 11.8 Å². The van der Waals surface area contributed by atoms with E-state index in [0.29, 0.717) is 65.1 Å². The fourth-order valence-corrected chi connectivity index (χ4v) is 5.23. The molecule has 42 heavy (non-hydrogen) atoms. The lowest BCUT2D eigenvalue weighted by Crippen LogP contribution is -2.50. The molecule has 5 rings (SSSR count). The van der Waals surface area contributed by atoms with Crippen LogP contribution in [0.3, 0.4) is 0 Å². The summed E-state index contributed by atoms with van der Waals surface area (Å²) in [5.41, 5.74) is 2.18. The van der Waals surface area contributed by atoms with Crippen LogP contribution in [0.1, 0.15) is 20.8 Å². The molecule has 0 saturated carbocycles. The van der Waals surface area contributed by atoms with Crippen molar-refractivity contribution in [2.75, 3.05) is 38.2 Å². The summed E-state index contributed by atoms with van der Waals surface area (Å²) in [6.07, 6.45) is 4.64. The molecule has 0 radical (unpaired) electrons. The van der Waals surface area contributed by atoms with E-state index in [2.05, 4.69) is 9.88 Å². The van der Waals surface area contributed by atoms with Crippen molar-refractivity contribution < 1.29 is 18.7 Å². The molecule has 0 atom stereocenters. The zero-order chi connectivity index (χ0) is 30.2. The highest BCUT2D eigenvalue weighted by atomic mass is 35.5. The number of rotatable bonds is 5. The minimum atomic E-state index is -0.554. The van der Waals surface area contributed by atoms with Gasteiger partial charge < -0.3 is 23.8 Å². The van der Waals surface area contributed by atoms with E-state index in [1.807, 2.05) is 26.8 Å². The summed E-state index contributed by atoms with van der Waals surface area (Å²) in [4.78, 5) is 33.2. The predicted molar refractivity (Wildman–Crippen MR) is 161 cm³/mol. The van der Waals surface area contributed by atoms with Crippen LogP contribution in [0.15, 0.2) is 65.8 Å². The van der Waals surface area contributed by atoms with Gasteiger partial charge in [0.25, 0.3) is 0 Å². The third-order valence-corrected chi connectivity index (χ3v) is 7.34. The van der Waals surface area contributed by atoms with Crippen molar-refractivity contribution in [1.29, 1.82) is 0 Å². The first kappa shape index (κ1) is 29.2. The lowest BCUT2D eigenvalue weighted by molar-refractivity contribution is 0.0240. The second kappa shape index (κ2) is 11.5. The van der Waals surface area contributed by atoms with Crippen LogP contribution in [0.5, 0.6) is 5.75 Å². The van der Waals surface area contributed by atoms with Gasteiger partial charge in [0, 0.05) is 62.9 Å². The van der Waals surface area contributed by atoms with E-state index >= 15 is 4.39 Å². The number of piperazine rings is 1. The number of aryl methyl sites for hydroxylation is 1. The molecule has 0 spiro atoms. The quantitative estimate of drug-likeness (QED) is 0.292. The fraction of sp³-hybridized carbons (Fsp3) is 0.323. The number of methoxy groups -OCH3 is 1. The summed E-state index contributed by atoms with van der Waals surface area (Å²) in [6.45, 7) is 7.70. The third-order valence-electron chi connectivity index (χ3n) is 7.04. The van der Waals surface area contributed by atoms with Crippen LogP contribution >= 0.6 is 11.6 Å². The number of pyridine rings is 1. The Kier molecular flexibility index (Phi) is 8.01. The molecular formula is C31H33ClFN5O4. The van der Waals surface area contributed by atoms with E-state index in [1.54, 1.807) is 54.8 Å². The van der Waals surface area contributed by atoms with Gasteiger partial charge in [-0.1, -0.05) is 17.7 Å². The molecule has 0 aliphatic carbocycles. The number of hydrogen-bond donors (Lipinski definition) is 0. The molecule has 2 aromatic heterocycles. The number of amides is 1. The number of benzene rings is 2. The molecule has 0 unspecified atom stereocenters.